The lowest BCUT2D eigenvalue weighted by molar-refractivity contribution is -0.137. The first-order valence-corrected chi connectivity index (χ1v) is 9.31. The van der Waals surface area contributed by atoms with Crippen LogP contribution < -0.4 is 10.6 Å². The Kier molecular flexibility index (Phi) is 5.94. The number of benzene rings is 1. The minimum Gasteiger partial charge on any atom is -0.327 e. The van der Waals surface area contributed by atoms with Gasteiger partial charge in [0.2, 0.25) is 5.82 Å². The molecule has 0 unspecified atom stereocenters. The highest BCUT2D eigenvalue weighted by atomic mass is 35.5. The number of nitriles is 1. The molecule has 2 N–H and O–H groups in total. The summed E-state index contributed by atoms with van der Waals surface area (Å²) in [6.45, 7) is 0. The summed E-state index contributed by atoms with van der Waals surface area (Å²) in [6, 6.07) is 6.00. The van der Waals surface area contributed by atoms with Crippen molar-refractivity contribution in [2.24, 2.45) is 0 Å². The van der Waals surface area contributed by atoms with E-state index in [0.717, 1.165) is 31.4 Å². The summed E-state index contributed by atoms with van der Waals surface area (Å²) in [4.78, 5) is 20.7. The van der Waals surface area contributed by atoms with Crippen molar-refractivity contribution in [3.63, 3.8) is 0 Å². The summed E-state index contributed by atoms with van der Waals surface area (Å²) in [5.41, 5.74) is -1.38. The predicted octanol–water partition coefficient (Wildman–Crippen LogP) is 5.00. The van der Waals surface area contributed by atoms with E-state index in [0.29, 0.717) is 18.5 Å². The van der Waals surface area contributed by atoms with Crippen LogP contribution in [0.25, 0.3) is 0 Å². The maximum Gasteiger partial charge on any atom is 0.417 e. The Balaban J connectivity index is 1.84. The molecular formula is C19H17ClF3N5O. The molecule has 0 bridgehead atoms. The number of alkyl halides is 3. The molecule has 1 fully saturated rings. The van der Waals surface area contributed by atoms with E-state index >= 15 is 0 Å². The van der Waals surface area contributed by atoms with Gasteiger partial charge in [0.1, 0.15) is 6.07 Å². The van der Waals surface area contributed by atoms with Crippen LogP contribution >= 0.6 is 11.6 Å². The number of carbonyl (C=O) groups is 1. The number of aromatic nitrogens is 2. The summed E-state index contributed by atoms with van der Waals surface area (Å²) in [7, 11) is 0. The second kappa shape index (κ2) is 8.25. The summed E-state index contributed by atoms with van der Waals surface area (Å²) in [5.74, 6) is -0.0119. The zero-order chi connectivity index (χ0) is 21.1. The van der Waals surface area contributed by atoms with Crippen LogP contribution in [0.5, 0.6) is 0 Å². The molecule has 0 saturated heterocycles. The molecule has 0 atom stereocenters. The quantitative estimate of drug-likeness (QED) is 0.726. The molecule has 1 aliphatic rings. The van der Waals surface area contributed by atoms with Crippen LogP contribution in [0.1, 0.15) is 49.2 Å². The number of anilines is 1. The molecule has 1 saturated carbocycles. The Morgan fingerprint density at radius 2 is 1.93 bits per heavy atom. The highest BCUT2D eigenvalue weighted by Crippen LogP contribution is 2.37. The molecular weight excluding hydrogens is 407 g/mol. The van der Waals surface area contributed by atoms with Gasteiger partial charge >= 0.3 is 12.2 Å². The molecule has 0 radical (unpaired) electrons. The van der Waals surface area contributed by atoms with E-state index in [1.54, 1.807) is 6.07 Å². The lowest BCUT2D eigenvalue weighted by Gasteiger charge is -2.37. The molecule has 1 heterocycles. The molecule has 29 heavy (non-hydrogen) atoms. The summed E-state index contributed by atoms with van der Waals surface area (Å²) < 4.78 is 39.1. The molecule has 0 spiro atoms. The van der Waals surface area contributed by atoms with Gasteiger partial charge < -0.3 is 10.6 Å². The van der Waals surface area contributed by atoms with Gasteiger partial charge in [0, 0.05) is 11.9 Å². The first-order valence-electron chi connectivity index (χ1n) is 8.93. The lowest BCUT2D eigenvalue weighted by Crippen LogP contribution is -2.49. The largest absolute Gasteiger partial charge is 0.417 e. The van der Waals surface area contributed by atoms with Gasteiger partial charge in [-0.2, -0.15) is 18.4 Å². The second-order valence-electron chi connectivity index (χ2n) is 6.79. The van der Waals surface area contributed by atoms with E-state index in [-0.39, 0.29) is 11.5 Å². The van der Waals surface area contributed by atoms with Crippen LogP contribution in [0, 0.1) is 11.3 Å². The van der Waals surface area contributed by atoms with Crippen molar-refractivity contribution in [3.8, 4) is 6.07 Å². The van der Waals surface area contributed by atoms with Gasteiger partial charge in [-0.05, 0) is 37.1 Å². The van der Waals surface area contributed by atoms with Gasteiger partial charge in [0.25, 0.3) is 0 Å². The van der Waals surface area contributed by atoms with E-state index in [1.807, 2.05) is 6.07 Å². The minimum atomic E-state index is -4.63. The average molecular weight is 424 g/mol. The highest BCUT2D eigenvalue weighted by molar-refractivity contribution is 6.31. The van der Waals surface area contributed by atoms with Gasteiger partial charge in [-0.25, -0.2) is 14.8 Å². The smallest absolute Gasteiger partial charge is 0.327 e. The van der Waals surface area contributed by atoms with E-state index in [9.17, 15) is 18.0 Å². The van der Waals surface area contributed by atoms with Crippen LogP contribution in [0.15, 0.2) is 30.5 Å². The monoisotopic (exact) mass is 423 g/mol. The van der Waals surface area contributed by atoms with Crippen molar-refractivity contribution < 1.29 is 18.0 Å². The number of hydrogen-bond donors (Lipinski definition) is 2. The molecule has 3 rings (SSSR count). The number of nitrogens with one attached hydrogen (secondary N) is 2. The lowest BCUT2D eigenvalue weighted by atomic mass is 9.79. The molecule has 2 aromatic rings. The standard InChI is InChI=1S/C19H17ClF3N5O/c20-14-5-4-12(10-13(14)19(21,22)23)26-17(29)28-18(7-2-1-3-8-18)15-6-9-25-16(11-24)27-15/h4-6,9-10H,1-3,7-8H2,(H2,26,28,29). The third-order valence-electron chi connectivity index (χ3n) is 4.84. The van der Waals surface area contributed by atoms with Crippen LogP contribution in [-0.4, -0.2) is 16.0 Å². The predicted molar refractivity (Wildman–Crippen MR) is 100 cm³/mol. The normalized spacial score (nSPS) is 16.0. The fraction of sp³-hybridized carbons (Fsp3) is 0.368. The topological polar surface area (TPSA) is 90.7 Å². The van der Waals surface area contributed by atoms with Crippen LogP contribution in [0.2, 0.25) is 5.02 Å². The number of urea groups is 1. The Labute approximate surface area is 170 Å². The zero-order valence-corrected chi connectivity index (χ0v) is 15.9. The number of carbonyl (C=O) groups excluding carboxylic acids is 1. The summed E-state index contributed by atoms with van der Waals surface area (Å²) >= 11 is 5.61. The van der Waals surface area contributed by atoms with Crippen LogP contribution in [0.4, 0.5) is 23.7 Å². The SMILES string of the molecule is N#Cc1nccc(C2(NC(=O)Nc3ccc(Cl)c(C(F)(F)F)c3)CCCCC2)n1. The minimum absolute atomic E-state index is 0.0119. The maximum atomic E-state index is 13.0. The van der Waals surface area contributed by atoms with Gasteiger partial charge in [-0.1, -0.05) is 30.9 Å². The molecule has 10 heteroatoms. The number of rotatable bonds is 3. The third-order valence-corrected chi connectivity index (χ3v) is 5.17. The van der Waals surface area contributed by atoms with Crippen molar-refractivity contribution >= 4 is 23.3 Å². The van der Waals surface area contributed by atoms with E-state index < -0.39 is 28.3 Å². The van der Waals surface area contributed by atoms with E-state index in [4.69, 9.17) is 16.9 Å². The van der Waals surface area contributed by atoms with Gasteiger partial charge in [-0.15, -0.1) is 0 Å². The fourth-order valence-corrected chi connectivity index (χ4v) is 3.70. The molecule has 6 nitrogen and oxygen atoms in total. The molecule has 1 aliphatic carbocycles. The van der Waals surface area contributed by atoms with Gasteiger partial charge in [0.05, 0.1) is 21.8 Å². The molecule has 152 valence electrons. The van der Waals surface area contributed by atoms with E-state index in [1.165, 1.54) is 12.3 Å². The van der Waals surface area contributed by atoms with Crippen LogP contribution in [0.3, 0.4) is 0 Å². The van der Waals surface area contributed by atoms with E-state index in [2.05, 4.69) is 20.6 Å². The summed E-state index contributed by atoms with van der Waals surface area (Å²) in [5, 5.41) is 13.9. The molecule has 2 amide bonds. The van der Waals surface area contributed by atoms with Crippen molar-refractivity contribution in [2.75, 3.05) is 5.32 Å². The zero-order valence-electron chi connectivity index (χ0n) is 15.2. The summed E-state index contributed by atoms with van der Waals surface area (Å²) in [6.07, 6.45) is 0.674. The number of halogens is 4. The Hall–Kier alpha value is -2.86. The first kappa shape index (κ1) is 20.9. The van der Waals surface area contributed by atoms with Crippen molar-refractivity contribution in [2.45, 2.75) is 43.8 Å². The van der Waals surface area contributed by atoms with Crippen LogP contribution in [-0.2, 0) is 11.7 Å². The van der Waals surface area contributed by atoms with Crippen molar-refractivity contribution in [1.82, 2.24) is 15.3 Å². The number of nitrogens with zero attached hydrogens (tertiary/aromatic N) is 3. The second-order valence-corrected chi connectivity index (χ2v) is 7.20. The Morgan fingerprint density at radius 1 is 1.21 bits per heavy atom. The molecule has 0 aliphatic heterocycles. The maximum absolute atomic E-state index is 13.0. The number of amides is 2. The van der Waals surface area contributed by atoms with Crippen molar-refractivity contribution in [3.05, 3.63) is 52.6 Å². The Morgan fingerprint density at radius 3 is 2.59 bits per heavy atom. The van der Waals surface area contributed by atoms with Crippen molar-refractivity contribution in [1.29, 1.82) is 5.26 Å². The third kappa shape index (κ3) is 4.77. The number of hydrogen-bond acceptors (Lipinski definition) is 4. The average Bonchev–Trinajstić information content (AvgIpc) is 2.69. The van der Waals surface area contributed by atoms with Gasteiger partial charge in [-0.3, -0.25) is 0 Å². The Bertz CT molecular complexity index is 952. The van der Waals surface area contributed by atoms with Gasteiger partial charge in [0.15, 0.2) is 0 Å². The highest BCUT2D eigenvalue weighted by Gasteiger charge is 2.37. The molecule has 1 aromatic carbocycles. The first-order chi connectivity index (χ1) is 13.7. The molecule has 1 aromatic heterocycles. The fourth-order valence-electron chi connectivity index (χ4n) is 3.48.